The van der Waals surface area contributed by atoms with Gasteiger partial charge in [-0.05, 0) is 0 Å². The molecule has 16 heavy (non-hydrogen) atoms. The Morgan fingerprint density at radius 2 is 1.88 bits per heavy atom. The molecule has 0 saturated carbocycles. The van der Waals surface area contributed by atoms with Gasteiger partial charge in [0.25, 0.3) is 0 Å². The first-order valence-corrected chi connectivity index (χ1v) is 12.9. The van der Waals surface area contributed by atoms with Gasteiger partial charge in [0.2, 0.25) is 0 Å². The average Bonchev–Trinajstić information content (AvgIpc) is 2.35. The van der Waals surface area contributed by atoms with Crippen LogP contribution in [0.3, 0.4) is 0 Å². The zero-order valence-electron chi connectivity index (χ0n) is 10.6. The van der Waals surface area contributed by atoms with Gasteiger partial charge in [0.15, 0.2) is 0 Å². The van der Waals surface area contributed by atoms with Crippen molar-refractivity contribution in [2.45, 2.75) is 41.4 Å². The molecule has 0 bridgehead atoms. The summed E-state index contributed by atoms with van der Waals surface area (Å²) in [5.74, 6) is 0.955. The van der Waals surface area contributed by atoms with E-state index in [4.69, 9.17) is 0 Å². The van der Waals surface area contributed by atoms with E-state index in [2.05, 4.69) is 51.1 Å². The van der Waals surface area contributed by atoms with E-state index in [0.29, 0.717) is 0 Å². The second-order valence-electron chi connectivity index (χ2n) is 4.40. The summed E-state index contributed by atoms with van der Waals surface area (Å²) >= 11 is -0.0458. The predicted octanol–water partition coefficient (Wildman–Crippen LogP) is 5.28. The molecule has 0 fully saturated rings. The quantitative estimate of drug-likeness (QED) is 0.451. The van der Waals surface area contributed by atoms with Gasteiger partial charge in [0.1, 0.15) is 0 Å². The van der Waals surface area contributed by atoms with Gasteiger partial charge in [-0.2, -0.15) is 0 Å². The third-order valence-electron chi connectivity index (χ3n) is 2.97. The summed E-state index contributed by atoms with van der Waals surface area (Å²) in [6.45, 7) is 7.10. The third kappa shape index (κ3) is 6.07. The summed E-state index contributed by atoms with van der Waals surface area (Å²) in [7, 11) is 0. The van der Waals surface area contributed by atoms with E-state index < -0.39 is 0 Å². The zero-order valence-corrected chi connectivity index (χ0v) is 14.2. The van der Waals surface area contributed by atoms with E-state index in [1.165, 1.54) is 16.4 Å². The fourth-order valence-corrected chi connectivity index (χ4v) is 9.55. The Kier molecular flexibility index (Phi) is 8.45. The predicted molar refractivity (Wildman–Crippen MR) is 72.1 cm³/mol. The molecule has 0 aliphatic carbocycles. The molecule has 0 amide bonds. The van der Waals surface area contributed by atoms with E-state index in [9.17, 15) is 0 Å². The van der Waals surface area contributed by atoms with Crippen LogP contribution in [0.5, 0.6) is 0 Å². The van der Waals surface area contributed by atoms with Crippen LogP contribution in [-0.2, 0) is 0 Å². The molecule has 2 heteroatoms. The van der Waals surface area contributed by atoms with Crippen LogP contribution in [0.2, 0.25) is 2.14 Å². The SMILES string of the molecule is CCC(C)C[CH2][Sm][PH]C(C)c1ccccc1. The molecule has 0 saturated heterocycles. The normalized spacial score (nSPS) is 15.4. The summed E-state index contributed by atoms with van der Waals surface area (Å²) in [5, 5.41) is 0. The summed E-state index contributed by atoms with van der Waals surface area (Å²) < 4.78 is 2.83. The summed E-state index contributed by atoms with van der Waals surface area (Å²) in [4.78, 5) is 0. The third-order valence-corrected chi connectivity index (χ3v) is 11.8. The van der Waals surface area contributed by atoms with Gasteiger partial charge in [-0.3, -0.25) is 0 Å². The Morgan fingerprint density at radius 1 is 1.19 bits per heavy atom. The number of benzene rings is 1. The molecule has 1 aromatic rings. The minimum absolute atomic E-state index is 0.0458. The molecule has 0 aromatic heterocycles. The van der Waals surface area contributed by atoms with Gasteiger partial charge >= 0.3 is 122 Å². The van der Waals surface area contributed by atoms with E-state index >= 15 is 0 Å². The molecule has 0 radical (unpaired) electrons. The number of rotatable bonds is 7. The van der Waals surface area contributed by atoms with Crippen LogP contribution in [0, 0.1) is 41.4 Å². The van der Waals surface area contributed by atoms with Crippen LogP contribution in [0.25, 0.3) is 0 Å². The van der Waals surface area contributed by atoms with E-state index in [-0.39, 0.29) is 35.5 Å². The Bertz CT molecular complexity index is 273. The van der Waals surface area contributed by atoms with E-state index in [1.807, 2.05) is 0 Å². The molecule has 0 aliphatic heterocycles. The van der Waals surface area contributed by atoms with E-state index in [0.717, 1.165) is 11.6 Å². The van der Waals surface area contributed by atoms with Crippen LogP contribution >= 0.6 is 3.55 Å². The van der Waals surface area contributed by atoms with Crippen molar-refractivity contribution < 1.29 is 35.5 Å². The monoisotopic (exact) mass is 374 g/mol. The molecule has 0 N–H and O–H groups in total. The summed E-state index contributed by atoms with van der Waals surface area (Å²) in [6, 6.07) is 11.0. The molecular formula is C14H23PSm. The first-order chi connectivity index (χ1) is 7.74. The topological polar surface area (TPSA) is 0 Å². The van der Waals surface area contributed by atoms with Gasteiger partial charge in [-0.25, -0.2) is 0 Å². The van der Waals surface area contributed by atoms with Gasteiger partial charge in [-0.1, -0.05) is 0 Å². The number of hydrogen-bond donors (Lipinski definition) is 0. The fourth-order valence-electron chi connectivity index (χ4n) is 1.46. The molecular weight excluding hydrogens is 349 g/mol. The van der Waals surface area contributed by atoms with Crippen molar-refractivity contribution in [2.75, 3.05) is 0 Å². The molecule has 3 atom stereocenters. The van der Waals surface area contributed by atoms with Gasteiger partial charge in [0.05, 0.1) is 0 Å². The first-order valence-electron chi connectivity index (χ1n) is 6.16. The number of hydrogen-bond acceptors (Lipinski definition) is 0. The molecule has 1 rings (SSSR count). The van der Waals surface area contributed by atoms with Crippen LogP contribution in [-0.4, -0.2) is 0 Å². The zero-order chi connectivity index (χ0) is 11.8. The Labute approximate surface area is 121 Å². The van der Waals surface area contributed by atoms with Crippen LogP contribution < -0.4 is 0 Å². The van der Waals surface area contributed by atoms with Gasteiger partial charge < -0.3 is 0 Å². The second kappa shape index (κ2) is 8.99. The maximum absolute atomic E-state index is 2.40. The van der Waals surface area contributed by atoms with Crippen molar-refractivity contribution in [2.24, 2.45) is 5.92 Å². The molecule has 0 heterocycles. The van der Waals surface area contributed by atoms with Crippen molar-refractivity contribution in [1.29, 1.82) is 0 Å². The van der Waals surface area contributed by atoms with Gasteiger partial charge in [0, 0.05) is 0 Å². The molecule has 0 nitrogen and oxygen atoms in total. The first kappa shape index (κ1) is 15.0. The maximum atomic E-state index is 2.40. The van der Waals surface area contributed by atoms with Crippen molar-refractivity contribution in [3.05, 3.63) is 35.9 Å². The van der Waals surface area contributed by atoms with Crippen molar-refractivity contribution >= 4 is 3.55 Å². The average molecular weight is 373 g/mol. The summed E-state index contributed by atoms with van der Waals surface area (Å²) in [6.07, 6.45) is 2.84. The Morgan fingerprint density at radius 3 is 2.50 bits per heavy atom. The van der Waals surface area contributed by atoms with E-state index in [1.54, 1.807) is 7.70 Å². The molecule has 90 valence electrons. The fraction of sp³-hybridized carbons (Fsp3) is 0.571. The van der Waals surface area contributed by atoms with Crippen molar-refractivity contribution in [3.63, 3.8) is 0 Å². The van der Waals surface area contributed by atoms with Crippen molar-refractivity contribution in [1.82, 2.24) is 0 Å². The Balaban J connectivity index is 2.18. The van der Waals surface area contributed by atoms with Crippen LogP contribution in [0.15, 0.2) is 30.3 Å². The standard InChI is InChI=1S/C8H10P.C6H13.Sm/c1-7(9)8-5-3-2-4-6-8;1-4-6(3)5-2;/h2-7,9H,1H3;6H,1,4-5H2,2-3H3;/q-1;;+1. The van der Waals surface area contributed by atoms with Crippen molar-refractivity contribution in [3.8, 4) is 0 Å². The van der Waals surface area contributed by atoms with Crippen LogP contribution in [0.4, 0.5) is 0 Å². The van der Waals surface area contributed by atoms with Crippen LogP contribution in [0.1, 0.15) is 44.8 Å². The molecule has 0 spiro atoms. The molecule has 1 aromatic carbocycles. The molecule has 0 aliphatic rings. The molecule has 3 unspecified atom stereocenters. The summed E-state index contributed by atoms with van der Waals surface area (Å²) in [5.41, 5.74) is 2.37. The Hall–Kier alpha value is 0.988. The van der Waals surface area contributed by atoms with Gasteiger partial charge in [-0.15, -0.1) is 0 Å². The minimum atomic E-state index is -0.0458. The second-order valence-corrected chi connectivity index (χ2v) is 12.1.